The quantitative estimate of drug-likeness (QED) is 0.526. The number of ether oxygens (including phenoxy) is 2. The van der Waals surface area contributed by atoms with Crippen molar-refractivity contribution in [3.63, 3.8) is 0 Å². The maximum absolute atomic E-state index is 13.0. The standard InChI is InChI=1S/C24H30N2O6/c1-23(2,3)16(26-19(27)13-9-7-8-10-14(13)20(26)28)12-32-22(30)25-11-15-17(24(15,4)5)18(25)21(29)31-6/h7-10,15-18H,11-12H2,1-6H3/t15-,16+,17-,18-/m0/s1. The summed E-state index contributed by atoms with van der Waals surface area (Å²) in [6, 6.07) is 5.34. The van der Waals surface area contributed by atoms with Crippen LogP contribution >= 0.6 is 0 Å². The highest BCUT2D eigenvalue weighted by Crippen LogP contribution is 2.65. The highest BCUT2D eigenvalue weighted by molar-refractivity contribution is 6.21. The highest BCUT2D eigenvalue weighted by atomic mass is 16.6. The first-order valence-electron chi connectivity index (χ1n) is 10.9. The number of imide groups is 1. The van der Waals surface area contributed by atoms with Crippen LogP contribution in [0.3, 0.4) is 0 Å². The largest absolute Gasteiger partial charge is 0.467 e. The van der Waals surface area contributed by atoms with Crippen molar-refractivity contribution < 1.29 is 28.7 Å². The van der Waals surface area contributed by atoms with Gasteiger partial charge in [0, 0.05) is 12.5 Å². The maximum Gasteiger partial charge on any atom is 0.410 e. The normalized spacial score (nSPS) is 26.5. The number of hydrogen-bond acceptors (Lipinski definition) is 6. The third kappa shape index (κ3) is 3.27. The molecule has 0 unspecified atom stereocenters. The summed E-state index contributed by atoms with van der Waals surface area (Å²) in [5.41, 5.74) is 0.144. The summed E-state index contributed by atoms with van der Waals surface area (Å²) < 4.78 is 10.6. The van der Waals surface area contributed by atoms with E-state index >= 15 is 0 Å². The molecule has 3 aliphatic rings. The van der Waals surface area contributed by atoms with E-state index in [-0.39, 0.29) is 23.9 Å². The van der Waals surface area contributed by atoms with Crippen molar-refractivity contribution in [3.05, 3.63) is 35.4 Å². The van der Waals surface area contributed by atoms with E-state index in [1.165, 1.54) is 16.9 Å². The van der Waals surface area contributed by atoms with Crippen LogP contribution in [-0.2, 0) is 14.3 Å². The van der Waals surface area contributed by atoms with E-state index < -0.39 is 41.4 Å². The Morgan fingerprint density at radius 3 is 2.19 bits per heavy atom. The molecule has 8 heteroatoms. The van der Waals surface area contributed by atoms with E-state index in [1.54, 1.807) is 24.3 Å². The molecule has 0 aromatic heterocycles. The fourth-order valence-electron chi connectivity index (χ4n) is 5.30. The number of nitrogens with zero attached hydrogens (tertiary/aromatic N) is 2. The van der Waals surface area contributed by atoms with Gasteiger partial charge in [-0.1, -0.05) is 46.8 Å². The Bertz CT molecular complexity index is 959. The second-order valence-electron chi connectivity index (χ2n) is 10.6. The molecule has 32 heavy (non-hydrogen) atoms. The van der Waals surface area contributed by atoms with Gasteiger partial charge < -0.3 is 9.47 Å². The number of piperidine rings is 1. The smallest absolute Gasteiger partial charge is 0.410 e. The minimum absolute atomic E-state index is 0.0241. The van der Waals surface area contributed by atoms with Crippen LogP contribution in [0, 0.1) is 22.7 Å². The molecule has 1 aromatic carbocycles. The van der Waals surface area contributed by atoms with Gasteiger partial charge in [-0.3, -0.25) is 19.4 Å². The van der Waals surface area contributed by atoms with E-state index in [1.807, 2.05) is 20.8 Å². The number of hydrogen-bond donors (Lipinski definition) is 0. The van der Waals surface area contributed by atoms with Gasteiger partial charge in [0.25, 0.3) is 11.8 Å². The molecule has 4 rings (SSSR count). The van der Waals surface area contributed by atoms with Gasteiger partial charge >= 0.3 is 12.1 Å². The Kier molecular flexibility index (Phi) is 5.10. The Hall–Kier alpha value is -2.90. The van der Waals surface area contributed by atoms with Crippen LogP contribution in [0.5, 0.6) is 0 Å². The zero-order valence-corrected chi connectivity index (χ0v) is 19.4. The third-order valence-electron chi connectivity index (χ3n) is 7.39. The summed E-state index contributed by atoms with van der Waals surface area (Å²) in [6.45, 7) is 10.1. The Morgan fingerprint density at radius 2 is 1.69 bits per heavy atom. The van der Waals surface area contributed by atoms with Crippen molar-refractivity contribution in [2.75, 3.05) is 20.3 Å². The van der Waals surface area contributed by atoms with Crippen LogP contribution in [0.4, 0.5) is 4.79 Å². The number of benzene rings is 1. The summed E-state index contributed by atoms with van der Waals surface area (Å²) in [6.07, 6.45) is -0.630. The first-order chi connectivity index (χ1) is 14.9. The summed E-state index contributed by atoms with van der Waals surface area (Å²) in [7, 11) is 1.31. The molecular weight excluding hydrogens is 412 g/mol. The van der Waals surface area contributed by atoms with E-state index in [0.717, 1.165) is 0 Å². The molecule has 172 valence electrons. The topological polar surface area (TPSA) is 93.2 Å². The number of rotatable bonds is 4. The van der Waals surface area contributed by atoms with Crippen LogP contribution in [-0.4, -0.2) is 66.0 Å². The fraction of sp³-hybridized carbons (Fsp3) is 0.583. The van der Waals surface area contributed by atoms with E-state index in [2.05, 4.69) is 13.8 Å². The van der Waals surface area contributed by atoms with E-state index in [4.69, 9.17) is 9.47 Å². The average molecular weight is 443 g/mol. The molecule has 1 aliphatic carbocycles. The maximum atomic E-state index is 13.0. The molecule has 3 amide bonds. The molecule has 2 fully saturated rings. The Morgan fingerprint density at radius 1 is 1.12 bits per heavy atom. The minimum atomic E-state index is -0.681. The van der Waals surface area contributed by atoms with E-state index in [9.17, 15) is 19.2 Å². The van der Waals surface area contributed by atoms with Crippen molar-refractivity contribution in [3.8, 4) is 0 Å². The number of carbonyl (C=O) groups is 4. The number of fused-ring (bicyclic) bond motifs is 2. The van der Waals surface area contributed by atoms with Gasteiger partial charge in [0.15, 0.2) is 0 Å². The number of methoxy groups -OCH3 is 1. The molecule has 4 atom stereocenters. The van der Waals surface area contributed by atoms with Crippen LogP contribution in [0.1, 0.15) is 55.3 Å². The van der Waals surface area contributed by atoms with Crippen molar-refractivity contribution >= 4 is 23.9 Å². The summed E-state index contributed by atoms with van der Waals surface area (Å²) in [5, 5.41) is 0. The molecule has 1 saturated heterocycles. The first kappa shape index (κ1) is 22.3. The predicted octanol–water partition coefficient (Wildman–Crippen LogP) is 2.96. The lowest BCUT2D eigenvalue weighted by atomic mass is 9.86. The Balaban J connectivity index is 1.51. The summed E-state index contributed by atoms with van der Waals surface area (Å²) in [5.74, 6) is -0.977. The van der Waals surface area contributed by atoms with Gasteiger partial charge in [-0.05, 0) is 28.9 Å². The lowest BCUT2D eigenvalue weighted by molar-refractivity contribution is -0.146. The Labute approximate surface area is 187 Å². The van der Waals surface area contributed by atoms with Gasteiger partial charge in [0.2, 0.25) is 0 Å². The number of amides is 3. The number of likely N-dealkylation sites (tertiary alicyclic amines) is 1. The minimum Gasteiger partial charge on any atom is -0.467 e. The van der Waals surface area contributed by atoms with Gasteiger partial charge in [-0.25, -0.2) is 9.59 Å². The van der Waals surface area contributed by atoms with Gasteiger partial charge in [0.05, 0.1) is 24.3 Å². The zero-order chi connectivity index (χ0) is 23.6. The monoisotopic (exact) mass is 442 g/mol. The molecule has 2 aliphatic heterocycles. The molecule has 0 spiro atoms. The van der Waals surface area contributed by atoms with Crippen molar-refractivity contribution in [2.45, 2.75) is 46.7 Å². The lowest BCUT2D eigenvalue weighted by Crippen LogP contribution is -2.52. The van der Waals surface area contributed by atoms with Crippen LogP contribution in [0.15, 0.2) is 24.3 Å². The van der Waals surface area contributed by atoms with Crippen molar-refractivity contribution in [1.29, 1.82) is 0 Å². The highest BCUT2D eigenvalue weighted by Gasteiger charge is 2.70. The van der Waals surface area contributed by atoms with E-state index in [0.29, 0.717) is 17.7 Å². The molecule has 2 heterocycles. The fourth-order valence-corrected chi connectivity index (χ4v) is 5.30. The molecule has 0 bridgehead atoms. The van der Waals surface area contributed by atoms with Gasteiger partial charge in [-0.15, -0.1) is 0 Å². The SMILES string of the molecule is COC(=O)[C@@H]1[C@@H]2[C@H](CN1C(=O)OC[C@@H](N1C(=O)c3ccccc3C1=O)C(C)(C)C)C2(C)C. The van der Waals surface area contributed by atoms with Gasteiger partial charge in [0.1, 0.15) is 12.6 Å². The van der Waals surface area contributed by atoms with Gasteiger partial charge in [-0.2, -0.15) is 0 Å². The first-order valence-corrected chi connectivity index (χ1v) is 10.9. The molecular formula is C24H30N2O6. The van der Waals surface area contributed by atoms with Crippen LogP contribution < -0.4 is 0 Å². The molecule has 1 saturated carbocycles. The summed E-state index contributed by atoms with van der Waals surface area (Å²) >= 11 is 0. The molecule has 0 N–H and O–H groups in total. The van der Waals surface area contributed by atoms with Crippen molar-refractivity contribution in [2.24, 2.45) is 22.7 Å². The third-order valence-corrected chi connectivity index (χ3v) is 7.39. The summed E-state index contributed by atoms with van der Waals surface area (Å²) in [4.78, 5) is 54.0. The molecule has 0 radical (unpaired) electrons. The predicted molar refractivity (Wildman–Crippen MR) is 115 cm³/mol. The molecule has 1 aromatic rings. The lowest BCUT2D eigenvalue weighted by Gasteiger charge is -2.37. The second kappa shape index (κ2) is 7.32. The molecule has 8 nitrogen and oxygen atoms in total. The number of esters is 1. The van der Waals surface area contributed by atoms with Crippen LogP contribution in [0.2, 0.25) is 0 Å². The second-order valence-corrected chi connectivity index (χ2v) is 10.6. The van der Waals surface area contributed by atoms with Crippen molar-refractivity contribution in [1.82, 2.24) is 9.80 Å². The van der Waals surface area contributed by atoms with Crippen LogP contribution in [0.25, 0.3) is 0 Å². The average Bonchev–Trinajstić information content (AvgIpc) is 3.04. The zero-order valence-electron chi connectivity index (χ0n) is 19.4. The number of carbonyl (C=O) groups excluding carboxylic acids is 4.